The van der Waals surface area contributed by atoms with Crippen molar-refractivity contribution in [3.05, 3.63) is 130 Å². The Morgan fingerprint density at radius 1 is 0.571 bits per heavy atom. The number of allylic oxidation sites excluding steroid dienone is 3. The molecule has 0 saturated carbocycles. The lowest BCUT2D eigenvalue weighted by atomic mass is 9.91. The minimum Gasteiger partial charge on any atom is -0.308 e. The zero-order valence-corrected chi connectivity index (χ0v) is 18.7. The highest BCUT2D eigenvalue weighted by Crippen LogP contribution is 2.28. The van der Waals surface area contributed by atoms with Crippen molar-refractivity contribution < 1.29 is 4.79 Å². The number of benzene rings is 4. The molecule has 0 spiro atoms. The number of ketones is 1. The molecule has 164 valence electrons. The van der Waals surface area contributed by atoms with Gasteiger partial charge in [0.1, 0.15) is 0 Å². The van der Waals surface area contributed by atoms with Crippen LogP contribution in [0.25, 0.3) is 55.8 Å². The van der Waals surface area contributed by atoms with Gasteiger partial charge in [-0.05, 0) is 52.8 Å². The molecule has 3 nitrogen and oxygen atoms in total. The highest BCUT2D eigenvalue weighted by Gasteiger charge is 2.17. The first-order chi connectivity index (χ1) is 17.2. The Hall–Kier alpha value is -4.76. The number of fused-ring (bicyclic) bond motifs is 5. The van der Waals surface area contributed by atoms with E-state index in [0.29, 0.717) is 16.3 Å². The average Bonchev–Trinajstić information content (AvgIpc) is 2.91. The Bertz CT molecular complexity index is 2040. The van der Waals surface area contributed by atoms with Gasteiger partial charge >= 0.3 is 0 Å². The van der Waals surface area contributed by atoms with Crippen molar-refractivity contribution in [1.29, 1.82) is 0 Å². The number of carbonyl (C=O) groups is 1. The fourth-order valence-corrected chi connectivity index (χ4v) is 5.40. The summed E-state index contributed by atoms with van der Waals surface area (Å²) in [5, 5.41) is 4.43. The van der Waals surface area contributed by atoms with Crippen LogP contribution >= 0.6 is 0 Å². The third kappa shape index (κ3) is 2.79. The Morgan fingerprint density at radius 2 is 1.23 bits per heavy atom. The van der Waals surface area contributed by atoms with E-state index in [9.17, 15) is 9.59 Å². The van der Waals surface area contributed by atoms with Crippen molar-refractivity contribution in [2.75, 3.05) is 0 Å². The summed E-state index contributed by atoms with van der Waals surface area (Å²) >= 11 is 0. The van der Waals surface area contributed by atoms with E-state index in [0.717, 1.165) is 43.7 Å². The quantitative estimate of drug-likeness (QED) is 0.177. The van der Waals surface area contributed by atoms with Crippen LogP contribution in [0, 0.1) is 0 Å². The van der Waals surface area contributed by atoms with Crippen LogP contribution in [0.4, 0.5) is 0 Å². The second kappa shape index (κ2) is 7.37. The second-order valence-electron chi connectivity index (χ2n) is 8.85. The normalized spacial score (nSPS) is 15.1. The summed E-state index contributed by atoms with van der Waals surface area (Å²) in [6.07, 6.45) is 7.44. The molecule has 0 amide bonds. The molecule has 0 unspecified atom stereocenters. The van der Waals surface area contributed by atoms with E-state index in [1.54, 1.807) is 6.08 Å². The SMILES string of the molecule is O=C1C=Cc2ccccc2/C1=C/C=c1/c2ccccc2n2c3ccccc3c(=O)c3cccc1c32. The molecule has 2 aromatic heterocycles. The van der Waals surface area contributed by atoms with E-state index in [-0.39, 0.29) is 11.2 Å². The van der Waals surface area contributed by atoms with Crippen molar-refractivity contribution in [2.45, 2.75) is 0 Å². The first kappa shape index (κ1) is 19.7. The predicted octanol–water partition coefficient (Wildman–Crippen LogP) is 5.94. The Balaban J connectivity index is 1.68. The number of hydrogen-bond acceptors (Lipinski definition) is 2. The molecule has 3 heteroatoms. The largest absolute Gasteiger partial charge is 0.308 e. The molecule has 1 aliphatic carbocycles. The van der Waals surface area contributed by atoms with E-state index in [2.05, 4.69) is 22.6 Å². The molecule has 0 radical (unpaired) electrons. The van der Waals surface area contributed by atoms with Crippen LogP contribution in [0.3, 0.4) is 0 Å². The van der Waals surface area contributed by atoms with Crippen molar-refractivity contribution in [3.63, 3.8) is 0 Å². The Labute approximate surface area is 200 Å². The van der Waals surface area contributed by atoms with Gasteiger partial charge in [-0.2, -0.15) is 0 Å². The van der Waals surface area contributed by atoms with Crippen LogP contribution in [0.1, 0.15) is 11.1 Å². The lowest BCUT2D eigenvalue weighted by molar-refractivity contribution is -0.109. The number of rotatable bonds is 1. The topological polar surface area (TPSA) is 38.5 Å². The third-order valence-electron chi connectivity index (χ3n) is 6.97. The maximum Gasteiger partial charge on any atom is 0.197 e. The van der Waals surface area contributed by atoms with Gasteiger partial charge in [0.25, 0.3) is 0 Å². The highest BCUT2D eigenvalue weighted by atomic mass is 16.1. The van der Waals surface area contributed by atoms with Gasteiger partial charge in [0.05, 0.1) is 16.6 Å². The number of pyridine rings is 2. The van der Waals surface area contributed by atoms with E-state index in [1.165, 1.54) is 0 Å². The van der Waals surface area contributed by atoms with Crippen molar-refractivity contribution in [3.8, 4) is 0 Å². The summed E-state index contributed by atoms with van der Waals surface area (Å²) in [5.41, 5.74) is 5.48. The Kier molecular flexibility index (Phi) is 4.15. The standard InChI is InChI=1S/C32H19NO2/c34-30-19-16-20-8-1-2-9-21(20)24(30)18-17-22-23-10-3-5-14-28(23)33-29-15-6-4-11-26(29)32(35)27-13-7-12-25(22)31(27)33/h1-19H/b22-17-,24-18-. The van der Waals surface area contributed by atoms with Gasteiger partial charge in [-0.25, -0.2) is 0 Å². The lowest BCUT2D eigenvalue weighted by Gasteiger charge is -2.16. The van der Waals surface area contributed by atoms with Crippen molar-refractivity contribution in [1.82, 2.24) is 4.40 Å². The van der Waals surface area contributed by atoms with Gasteiger partial charge in [0.15, 0.2) is 11.2 Å². The first-order valence-electron chi connectivity index (χ1n) is 11.6. The molecule has 2 heterocycles. The van der Waals surface area contributed by atoms with Crippen molar-refractivity contribution in [2.24, 2.45) is 0 Å². The summed E-state index contributed by atoms with van der Waals surface area (Å²) in [5.74, 6) is -0.00883. The number of aromatic nitrogens is 1. The van der Waals surface area contributed by atoms with E-state index < -0.39 is 0 Å². The van der Waals surface area contributed by atoms with Gasteiger partial charge < -0.3 is 4.40 Å². The molecule has 0 saturated heterocycles. The zero-order chi connectivity index (χ0) is 23.5. The lowest BCUT2D eigenvalue weighted by Crippen LogP contribution is -2.14. The minimum atomic E-state index is -0.00883. The number of carbonyl (C=O) groups excluding carboxylic acids is 1. The molecule has 0 aliphatic heterocycles. The average molecular weight is 450 g/mol. The third-order valence-corrected chi connectivity index (χ3v) is 6.97. The van der Waals surface area contributed by atoms with Gasteiger partial charge in [0, 0.05) is 27.1 Å². The zero-order valence-electron chi connectivity index (χ0n) is 18.7. The summed E-state index contributed by atoms with van der Waals surface area (Å²) in [6, 6.07) is 29.9. The first-order valence-corrected chi connectivity index (χ1v) is 11.6. The highest BCUT2D eigenvalue weighted by molar-refractivity contribution is 6.30. The van der Waals surface area contributed by atoms with Gasteiger partial charge in [-0.3, -0.25) is 9.59 Å². The van der Waals surface area contributed by atoms with Crippen LogP contribution in [0.2, 0.25) is 0 Å². The van der Waals surface area contributed by atoms with Crippen LogP contribution in [0.15, 0.2) is 108 Å². The van der Waals surface area contributed by atoms with Crippen molar-refractivity contribution >= 4 is 61.6 Å². The molecule has 4 aromatic carbocycles. The van der Waals surface area contributed by atoms with Crippen LogP contribution in [-0.4, -0.2) is 10.2 Å². The Morgan fingerprint density at radius 3 is 2.09 bits per heavy atom. The van der Waals surface area contributed by atoms with Gasteiger partial charge in [-0.15, -0.1) is 0 Å². The molecular weight excluding hydrogens is 430 g/mol. The molecule has 1 aliphatic rings. The van der Waals surface area contributed by atoms with E-state index in [1.807, 2.05) is 91.0 Å². The number of para-hydroxylation sites is 3. The van der Waals surface area contributed by atoms with Gasteiger partial charge in [0.2, 0.25) is 0 Å². The molecule has 0 fully saturated rings. The van der Waals surface area contributed by atoms with Crippen LogP contribution in [0.5, 0.6) is 0 Å². The molecule has 0 atom stereocenters. The molecule has 7 rings (SSSR count). The summed E-state index contributed by atoms with van der Waals surface area (Å²) in [6.45, 7) is 0. The molecular formula is C32H19NO2. The monoisotopic (exact) mass is 449 g/mol. The summed E-state index contributed by atoms with van der Waals surface area (Å²) in [7, 11) is 0. The molecule has 0 N–H and O–H groups in total. The molecule has 6 aromatic rings. The van der Waals surface area contributed by atoms with Gasteiger partial charge in [-0.1, -0.05) is 78.9 Å². The maximum absolute atomic E-state index is 13.4. The number of hydrogen-bond donors (Lipinski definition) is 0. The minimum absolute atomic E-state index is 0.00883. The smallest absolute Gasteiger partial charge is 0.197 e. The second-order valence-corrected chi connectivity index (χ2v) is 8.85. The summed E-state index contributed by atoms with van der Waals surface area (Å²) < 4.78 is 2.20. The molecule has 0 bridgehead atoms. The summed E-state index contributed by atoms with van der Waals surface area (Å²) in [4.78, 5) is 26.3. The predicted molar refractivity (Wildman–Crippen MR) is 144 cm³/mol. The number of nitrogens with zero attached hydrogens (tertiary/aromatic N) is 1. The van der Waals surface area contributed by atoms with E-state index in [4.69, 9.17) is 0 Å². The molecule has 35 heavy (non-hydrogen) atoms. The van der Waals surface area contributed by atoms with E-state index >= 15 is 0 Å². The fraction of sp³-hybridized carbons (Fsp3) is 0. The fourth-order valence-electron chi connectivity index (χ4n) is 5.40. The maximum atomic E-state index is 13.4. The van der Waals surface area contributed by atoms with Crippen LogP contribution in [-0.2, 0) is 4.79 Å². The van der Waals surface area contributed by atoms with Crippen LogP contribution < -0.4 is 10.6 Å².